The summed E-state index contributed by atoms with van der Waals surface area (Å²) in [6.07, 6.45) is -13.2. The zero-order valence-electron chi connectivity index (χ0n) is 53.9. The molecule has 2 aliphatic rings. The molecule has 8 N–H and O–H groups in total. The van der Waals surface area contributed by atoms with Crippen LogP contribution in [0.15, 0.2) is 48.5 Å². The topological polar surface area (TPSA) is 430 Å². The van der Waals surface area contributed by atoms with Crippen LogP contribution in [-0.2, 0) is 111 Å². The van der Waals surface area contributed by atoms with Crippen LogP contribution in [0.25, 0.3) is 0 Å². The van der Waals surface area contributed by atoms with Gasteiger partial charge in [-0.1, -0.05) is 44.2 Å². The molecule has 2 aromatic rings. The first-order chi connectivity index (χ1) is 44.7. The first-order valence-electron chi connectivity index (χ1n) is 30.2. The zero-order valence-corrected chi connectivity index (χ0v) is 53.9. The van der Waals surface area contributed by atoms with E-state index in [1.54, 1.807) is 31.2 Å². The van der Waals surface area contributed by atoms with Crippen LogP contribution in [0.4, 0.5) is 10.5 Å². The van der Waals surface area contributed by atoms with Crippen LogP contribution >= 0.6 is 0 Å². The van der Waals surface area contributed by atoms with Gasteiger partial charge in [0.15, 0.2) is 37.0 Å². The fraction of sp³-hybridized carbons (Fsp3) is 0.623. The zero-order chi connectivity index (χ0) is 69.2. The number of hydrogen-bond acceptors (Lipinski definition) is 27. The van der Waals surface area contributed by atoms with Gasteiger partial charge in [-0.15, -0.1) is 0 Å². The van der Waals surface area contributed by atoms with Gasteiger partial charge in [0.25, 0.3) is 11.8 Å². The summed E-state index contributed by atoms with van der Waals surface area (Å²) in [5, 5.41) is 37.3. The van der Waals surface area contributed by atoms with Crippen molar-refractivity contribution in [3.63, 3.8) is 0 Å². The fourth-order valence-electron chi connectivity index (χ4n) is 8.87. The predicted molar refractivity (Wildman–Crippen MR) is 322 cm³/mol. The van der Waals surface area contributed by atoms with E-state index in [1.165, 1.54) is 25.1 Å². The van der Waals surface area contributed by atoms with Crippen LogP contribution in [0.3, 0.4) is 0 Å². The lowest BCUT2D eigenvalue weighted by molar-refractivity contribution is -0.307. The molecular formula is C61H88N6O27. The summed E-state index contributed by atoms with van der Waals surface area (Å²) in [5.41, 5.74) is 0.194. The Hall–Kier alpha value is -7.99. The number of ether oxygens (including phenoxy) is 14. The van der Waals surface area contributed by atoms with Crippen LogP contribution in [0.2, 0.25) is 0 Å². The highest BCUT2D eigenvalue weighted by Gasteiger charge is 2.51. The van der Waals surface area contributed by atoms with Crippen molar-refractivity contribution in [1.82, 2.24) is 26.6 Å². The highest BCUT2D eigenvalue weighted by atomic mass is 16.7. The number of carbonyl (C=O) groups is 11. The summed E-state index contributed by atoms with van der Waals surface area (Å²) >= 11 is 0. The minimum atomic E-state index is -1.55. The van der Waals surface area contributed by atoms with Crippen molar-refractivity contribution in [1.29, 1.82) is 0 Å². The average Bonchev–Trinajstić information content (AvgIpc) is 0.810. The summed E-state index contributed by atoms with van der Waals surface area (Å²) in [7, 11) is 0. The van der Waals surface area contributed by atoms with Crippen molar-refractivity contribution >= 4 is 71.2 Å². The van der Waals surface area contributed by atoms with Gasteiger partial charge < -0.3 is 108 Å². The molecule has 0 spiro atoms. The molecule has 0 saturated carbocycles. The second-order valence-electron chi connectivity index (χ2n) is 22.0. The van der Waals surface area contributed by atoms with E-state index in [1.807, 2.05) is 19.9 Å². The van der Waals surface area contributed by atoms with E-state index < -0.39 is 145 Å². The number of carbonyl (C=O) groups excluding carboxylic acids is 11. The van der Waals surface area contributed by atoms with Gasteiger partial charge in [-0.2, -0.15) is 0 Å². The first-order valence-corrected chi connectivity index (χ1v) is 30.2. The predicted octanol–water partition coefficient (Wildman–Crippen LogP) is -0.369. The van der Waals surface area contributed by atoms with Crippen molar-refractivity contribution < 1.29 is 129 Å². The van der Waals surface area contributed by atoms with Gasteiger partial charge in [0, 0.05) is 77.5 Å². The van der Waals surface area contributed by atoms with Crippen LogP contribution < -0.4 is 31.9 Å². The number of nitrogens with one attached hydrogen (secondary N) is 6. The van der Waals surface area contributed by atoms with Gasteiger partial charge >= 0.3 is 35.9 Å². The summed E-state index contributed by atoms with van der Waals surface area (Å²) in [5.74, 6) is -6.53. The highest BCUT2D eigenvalue weighted by molar-refractivity contribution is 6.03. The number of alkyl carbamates (subject to hydrolysis) is 1. The third kappa shape index (κ3) is 30.4. The number of aliphatic hydroxyl groups is 2. The van der Waals surface area contributed by atoms with Crippen LogP contribution in [0.1, 0.15) is 94.5 Å². The highest BCUT2D eigenvalue weighted by Crippen LogP contribution is 2.29. The number of aliphatic hydroxyl groups excluding tert-OH is 2. The Bertz CT molecular complexity index is 2790. The molecule has 2 heterocycles. The molecule has 2 aliphatic heterocycles. The van der Waals surface area contributed by atoms with E-state index >= 15 is 0 Å². The van der Waals surface area contributed by atoms with Gasteiger partial charge in [0.05, 0.1) is 85.3 Å². The number of esters is 5. The summed E-state index contributed by atoms with van der Waals surface area (Å²) < 4.78 is 76.1. The van der Waals surface area contributed by atoms with Gasteiger partial charge in [-0.25, -0.2) is 4.79 Å². The molecule has 0 aromatic heterocycles. The van der Waals surface area contributed by atoms with Gasteiger partial charge in [-0.05, 0) is 42.5 Å². The number of hydrogen-bond donors (Lipinski definition) is 8. The molecule has 0 bridgehead atoms. The Morgan fingerprint density at radius 2 is 1.01 bits per heavy atom. The quantitative estimate of drug-likeness (QED) is 0.0240. The van der Waals surface area contributed by atoms with Crippen LogP contribution in [0, 0.1) is 5.41 Å². The van der Waals surface area contributed by atoms with Crippen molar-refractivity contribution in [2.75, 3.05) is 111 Å². The molecule has 0 aliphatic carbocycles. The summed E-state index contributed by atoms with van der Waals surface area (Å²) in [4.78, 5) is 136. The number of amides is 6. The molecule has 524 valence electrons. The Morgan fingerprint density at radius 1 is 0.511 bits per heavy atom. The van der Waals surface area contributed by atoms with E-state index in [9.17, 15) is 63.0 Å². The van der Waals surface area contributed by atoms with Crippen molar-refractivity contribution in [3.8, 4) is 0 Å². The van der Waals surface area contributed by atoms with E-state index in [-0.39, 0.29) is 122 Å². The molecule has 4 rings (SSSR count). The molecule has 6 amide bonds. The molecule has 0 radical (unpaired) electrons. The second-order valence-corrected chi connectivity index (χ2v) is 22.0. The van der Waals surface area contributed by atoms with Gasteiger partial charge in [-0.3, -0.25) is 47.9 Å². The lowest BCUT2D eigenvalue weighted by Gasteiger charge is -2.42. The van der Waals surface area contributed by atoms with Gasteiger partial charge in [0.2, 0.25) is 17.7 Å². The van der Waals surface area contributed by atoms with Crippen molar-refractivity contribution in [3.05, 3.63) is 65.2 Å². The smallest absolute Gasteiger partial charge is 0.407 e. The van der Waals surface area contributed by atoms with Crippen LogP contribution in [-0.4, -0.2) is 242 Å². The number of rotatable bonds is 40. The maximum atomic E-state index is 13.5. The van der Waals surface area contributed by atoms with Gasteiger partial charge in [0.1, 0.15) is 31.5 Å². The molecule has 2 aromatic carbocycles. The summed E-state index contributed by atoms with van der Waals surface area (Å²) in [6, 6.07) is 13.0. The molecule has 33 heteroatoms. The molecule has 2 saturated heterocycles. The SMILES string of the molecule is CC(=O)OC[C@H]1O[C@H](OCCOCCOCCNC(=O)c2cc(NC(=O)CNC(=O)CCC(C)(C)CNC(=O)CNC(=O)OCc3ccccc3)cc(C(=O)NCCOCCOCCO[C@H]3O[C@H](C)[C@@H](OC(C)=O)[C@H](O)[C@@H]3OC(C)=O)c2)[C@@H](OC(C)=O)[C@@H](OC(C)=O)[C@@H]1O. The molecule has 10 atom stereocenters. The summed E-state index contributed by atoms with van der Waals surface area (Å²) in [6.45, 7) is 9.99. The Kier molecular flexibility index (Phi) is 34.8. The Morgan fingerprint density at radius 3 is 1.56 bits per heavy atom. The van der Waals surface area contributed by atoms with Crippen LogP contribution in [0.5, 0.6) is 0 Å². The lowest BCUT2D eigenvalue weighted by atomic mass is 9.87. The van der Waals surface area contributed by atoms with E-state index in [2.05, 4.69) is 31.9 Å². The van der Waals surface area contributed by atoms with E-state index in [4.69, 9.17) is 66.3 Å². The minimum absolute atomic E-state index is 0.00592. The molecule has 94 heavy (non-hydrogen) atoms. The minimum Gasteiger partial charge on any atom is -0.463 e. The number of benzene rings is 2. The van der Waals surface area contributed by atoms with E-state index in [0.717, 1.165) is 33.3 Å². The normalized spacial score (nSPS) is 20.8. The average molecular weight is 1340 g/mol. The largest absolute Gasteiger partial charge is 0.463 e. The third-order valence-corrected chi connectivity index (χ3v) is 13.4. The standard InChI is InChI=1S/C61H88N6O27/c1-36-52(90-38(3)69)51(77)54(92-40(5)71)58(89-36)85-26-24-83-22-20-81-18-16-62-56(78)43-28-44(30-45(29-43)67-49(75)32-64-47(73)14-15-61(7,8)35-66-48(74)31-65-60(80)88-33-42-12-10-9-11-13-42)57(79)63-17-19-82-21-23-84-25-27-86-59-55(93-41(6)72)53(91-39(4)70)50(76)46(94-59)34-87-37(2)68/h9-13,28-30,36,46,50-55,58-59,76-77H,14-27,31-35H2,1-8H3,(H,62,78)(H,63,79)(H,64,73)(H,65,80)(H,66,74)(H,67,75)/t36-,46-,50-,51+,52-,53+,54+,55+,58+,59+/m1/s1. The monoisotopic (exact) mass is 1340 g/mol. The number of anilines is 1. The molecule has 0 unspecified atom stereocenters. The molecular weight excluding hydrogens is 1250 g/mol. The van der Waals surface area contributed by atoms with E-state index in [0.29, 0.717) is 6.42 Å². The maximum Gasteiger partial charge on any atom is 0.407 e. The maximum absolute atomic E-state index is 13.5. The Balaban J connectivity index is 1.25. The fourth-order valence-corrected chi connectivity index (χ4v) is 8.87. The molecule has 33 nitrogen and oxygen atoms in total. The lowest BCUT2D eigenvalue weighted by Crippen LogP contribution is -2.62. The molecule has 2 fully saturated rings. The van der Waals surface area contributed by atoms with Crippen molar-refractivity contribution in [2.45, 2.75) is 136 Å². The third-order valence-electron chi connectivity index (χ3n) is 13.4. The van der Waals surface area contributed by atoms with Crippen molar-refractivity contribution in [2.24, 2.45) is 5.41 Å². The first kappa shape index (κ1) is 78.5. The second kappa shape index (κ2) is 41.7. The Labute approximate surface area is 543 Å².